The largest absolute Gasteiger partial charge is 0.497 e. The Morgan fingerprint density at radius 1 is 0.938 bits per heavy atom. The monoisotopic (exact) mass is 430 g/mol. The Morgan fingerprint density at radius 2 is 1.66 bits per heavy atom. The van der Waals surface area contributed by atoms with Gasteiger partial charge in [0.25, 0.3) is 5.91 Å². The fraction of sp³-hybridized carbons (Fsp3) is 0.385. The zero-order valence-corrected chi connectivity index (χ0v) is 18.7. The molecule has 6 heteroatoms. The fourth-order valence-electron chi connectivity index (χ4n) is 4.70. The molecule has 2 aromatic carbocycles. The number of anilines is 1. The first-order chi connectivity index (χ1) is 15.7. The molecule has 0 atom stereocenters. The van der Waals surface area contributed by atoms with Gasteiger partial charge >= 0.3 is 0 Å². The number of piperazine rings is 1. The van der Waals surface area contributed by atoms with Crippen molar-refractivity contribution in [2.45, 2.75) is 19.4 Å². The second-order valence-corrected chi connectivity index (χ2v) is 8.66. The van der Waals surface area contributed by atoms with Gasteiger partial charge in [0.1, 0.15) is 11.6 Å². The molecule has 2 saturated heterocycles. The van der Waals surface area contributed by atoms with Crippen LogP contribution in [0.3, 0.4) is 0 Å². The molecule has 3 heterocycles. The third kappa shape index (κ3) is 4.28. The van der Waals surface area contributed by atoms with Crippen molar-refractivity contribution in [3.63, 3.8) is 0 Å². The standard InChI is InChI=1S/C26H30N4O2/c1-32-22-10-8-20(9-11-22)19-28-14-16-30(17-15-28)26(31)23-18-21-6-2-3-7-24(21)27-25(23)29-12-4-5-13-29/h2-3,6-11,18H,4-5,12-17,19H2,1H3. The lowest BCUT2D eigenvalue weighted by Crippen LogP contribution is -2.48. The Balaban J connectivity index is 1.30. The van der Waals surface area contributed by atoms with Gasteiger partial charge in [-0.2, -0.15) is 0 Å². The number of aromatic nitrogens is 1. The van der Waals surface area contributed by atoms with Crippen LogP contribution in [0.1, 0.15) is 28.8 Å². The summed E-state index contributed by atoms with van der Waals surface area (Å²) in [6.07, 6.45) is 2.32. The van der Waals surface area contributed by atoms with Gasteiger partial charge in [-0.05, 0) is 42.7 Å². The highest BCUT2D eigenvalue weighted by Gasteiger charge is 2.27. The van der Waals surface area contributed by atoms with Crippen LogP contribution in [0, 0.1) is 0 Å². The van der Waals surface area contributed by atoms with E-state index in [1.165, 1.54) is 5.56 Å². The van der Waals surface area contributed by atoms with Gasteiger partial charge in [-0.3, -0.25) is 9.69 Å². The molecule has 32 heavy (non-hydrogen) atoms. The number of hydrogen-bond acceptors (Lipinski definition) is 5. The minimum atomic E-state index is 0.106. The maximum absolute atomic E-state index is 13.6. The number of benzene rings is 2. The van der Waals surface area contributed by atoms with Crippen molar-refractivity contribution in [1.82, 2.24) is 14.8 Å². The molecule has 2 fully saturated rings. The molecule has 166 valence electrons. The molecule has 6 nitrogen and oxygen atoms in total. The van der Waals surface area contributed by atoms with E-state index < -0.39 is 0 Å². The van der Waals surface area contributed by atoms with E-state index in [4.69, 9.17) is 9.72 Å². The van der Waals surface area contributed by atoms with Gasteiger partial charge < -0.3 is 14.5 Å². The Kier molecular flexibility index (Phi) is 5.95. The highest BCUT2D eigenvalue weighted by Crippen LogP contribution is 2.28. The van der Waals surface area contributed by atoms with Crippen molar-refractivity contribution in [2.75, 3.05) is 51.3 Å². The van der Waals surface area contributed by atoms with Crippen LogP contribution in [0.2, 0.25) is 0 Å². The smallest absolute Gasteiger partial charge is 0.257 e. The lowest BCUT2D eigenvalue weighted by molar-refractivity contribution is 0.0629. The van der Waals surface area contributed by atoms with Gasteiger partial charge in [0.15, 0.2) is 0 Å². The number of pyridine rings is 1. The summed E-state index contributed by atoms with van der Waals surface area (Å²) in [6, 6.07) is 18.4. The normalized spacial score (nSPS) is 17.2. The van der Waals surface area contributed by atoms with E-state index in [9.17, 15) is 4.79 Å². The number of nitrogens with zero attached hydrogens (tertiary/aromatic N) is 4. The first-order valence-electron chi connectivity index (χ1n) is 11.5. The predicted octanol–water partition coefficient (Wildman–Crippen LogP) is 3.80. The number of rotatable bonds is 5. The molecule has 0 unspecified atom stereocenters. The average molecular weight is 431 g/mol. The van der Waals surface area contributed by atoms with Gasteiger partial charge in [0, 0.05) is 51.2 Å². The number of fused-ring (bicyclic) bond motifs is 1. The molecule has 0 N–H and O–H groups in total. The predicted molar refractivity (Wildman–Crippen MR) is 127 cm³/mol. The summed E-state index contributed by atoms with van der Waals surface area (Å²) < 4.78 is 5.25. The molecule has 2 aliphatic heterocycles. The summed E-state index contributed by atoms with van der Waals surface area (Å²) in [5.41, 5.74) is 2.96. The molecule has 5 rings (SSSR count). The van der Waals surface area contributed by atoms with E-state index in [1.807, 2.05) is 47.4 Å². The summed E-state index contributed by atoms with van der Waals surface area (Å²) in [5.74, 6) is 1.84. The maximum Gasteiger partial charge on any atom is 0.257 e. The molecular weight excluding hydrogens is 400 g/mol. The fourth-order valence-corrected chi connectivity index (χ4v) is 4.70. The first-order valence-corrected chi connectivity index (χ1v) is 11.5. The van der Waals surface area contributed by atoms with Gasteiger partial charge in [-0.1, -0.05) is 30.3 Å². The molecule has 3 aromatic rings. The molecule has 0 saturated carbocycles. The van der Waals surface area contributed by atoms with Crippen molar-refractivity contribution in [1.29, 1.82) is 0 Å². The number of amides is 1. The quantitative estimate of drug-likeness (QED) is 0.616. The van der Waals surface area contributed by atoms with Crippen molar-refractivity contribution in [3.05, 3.63) is 65.7 Å². The highest BCUT2D eigenvalue weighted by molar-refractivity contribution is 6.02. The summed E-state index contributed by atoms with van der Waals surface area (Å²) in [6.45, 7) is 6.06. The van der Waals surface area contributed by atoms with Crippen molar-refractivity contribution in [3.8, 4) is 5.75 Å². The number of para-hydroxylation sites is 1. The Hall–Kier alpha value is -3.12. The molecule has 0 radical (unpaired) electrons. The SMILES string of the molecule is COc1ccc(CN2CCN(C(=O)c3cc4ccccc4nc3N3CCCC3)CC2)cc1. The topological polar surface area (TPSA) is 48.9 Å². The number of carbonyl (C=O) groups excluding carboxylic acids is 1. The van der Waals surface area contributed by atoms with Crippen LogP contribution in [0.4, 0.5) is 5.82 Å². The van der Waals surface area contributed by atoms with Crippen LogP contribution in [-0.4, -0.2) is 67.1 Å². The van der Waals surface area contributed by atoms with Crippen molar-refractivity contribution in [2.24, 2.45) is 0 Å². The second-order valence-electron chi connectivity index (χ2n) is 8.66. The number of hydrogen-bond donors (Lipinski definition) is 0. The van der Waals surface area contributed by atoms with Gasteiger partial charge in [-0.25, -0.2) is 4.98 Å². The van der Waals surface area contributed by atoms with Crippen LogP contribution in [-0.2, 0) is 6.54 Å². The van der Waals surface area contributed by atoms with Crippen LogP contribution in [0.25, 0.3) is 10.9 Å². The van der Waals surface area contributed by atoms with Crippen LogP contribution in [0.15, 0.2) is 54.6 Å². The minimum absolute atomic E-state index is 0.106. The maximum atomic E-state index is 13.6. The van der Waals surface area contributed by atoms with Crippen LogP contribution >= 0.6 is 0 Å². The van der Waals surface area contributed by atoms with E-state index in [0.717, 1.165) is 86.7 Å². The van der Waals surface area contributed by atoms with Crippen molar-refractivity contribution < 1.29 is 9.53 Å². The van der Waals surface area contributed by atoms with E-state index in [-0.39, 0.29) is 5.91 Å². The molecule has 2 aliphatic rings. The summed E-state index contributed by atoms with van der Waals surface area (Å²) in [7, 11) is 1.69. The van der Waals surface area contributed by atoms with Crippen LogP contribution < -0.4 is 9.64 Å². The zero-order chi connectivity index (χ0) is 21.9. The average Bonchev–Trinajstić information content (AvgIpc) is 3.39. The van der Waals surface area contributed by atoms with Crippen molar-refractivity contribution >= 4 is 22.6 Å². The third-order valence-electron chi connectivity index (χ3n) is 6.56. The summed E-state index contributed by atoms with van der Waals surface area (Å²) >= 11 is 0. The second kappa shape index (κ2) is 9.17. The van der Waals surface area contributed by atoms with E-state index >= 15 is 0 Å². The minimum Gasteiger partial charge on any atom is -0.497 e. The molecule has 1 aromatic heterocycles. The van der Waals surface area contributed by atoms with Gasteiger partial charge in [0.2, 0.25) is 0 Å². The highest BCUT2D eigenvalue weighted by atomic mass is 16.5. The summed E-state index contributed by atoms with van der Waals surface area (Å²) in [4.78, 5) is 25.2. The van der Waals surface area contributed by atoms with E-state index in [2.05, 4.69) is 21.9 Å². The lowest BCUT2D eigenvalue weighted by Gasteiger charge is -2.35. The lowest BCUT2D eigenvalue weighted by atomic mass is 10.1. The molecule has 0 spiro atoms. The van der Waals surface area contributed by atoms with Gasteiger partial charge in [-0.15, -0.1) is 0 Å². The molecular formula is C26H30N4O2. The molecule has 0 bridgehead atoms. The van der Waals surface area contributed by atoms with E-state index in [1.54, 1.807) is 7.11 Å². The number of methoxy groups -OCH3 is 1. The Labute approximate surface area is 189 Å². The summed E-state index contributed by atoms with van der Waals surface area (Å²) in [5, 5.41) is 1.02. The first kappa shape index (κ1) is 20.8. The zero-order valence-electron chi connectivity index (χ0n) is 18.7. The Bertz CT molecular complexity index is 1080. The van der Waals surface area contributed by atoms with Gasteiger partial charge in [0.05, 0.1) is 18.2 Å². The van der Waals surface area contributed by atoms with E-state index in [0.29, 0.717) is 0 Å². The molecule has 0 aliphatic carbocycles. The Morgan fingerprint density at radius 3 is 2.38 bits per heavy atom. The number of ether oxygens (including phenoxy) is 1. The van der Waals surface area contributed by atoms with Crippen LogP contribution in [0.5, 0.6) is 5.75 Å². The molecule has 1 amide bonds. The third-order valence-corrected chi connectivity index (χ3v) is 6.56. The number of carbonyl (C=O) groups is 1.